The van der Waals surface area contributed by atoms with Crippen LogP contribution in [0, 0.1) is 0 Å². The molecule has 5 aromatic heterocycles. The van der Waals surface area contributed by atoms with E-state index >= 15 is 0 Å². The fourth-order valence-electron chi connectivity index (χ4n) is 9.77. The largest absolute Gasteiger partial charge is 0.309 e. The topological polar surface area (TPSA) is 32.6 Å². The molecule has 13 rings (SSSR count). The molecule has 8 aromatic carbocycles. The predicted molar refractivity (Wildman–Crippen MR) is 242 cm³/mol. The second-order valence-corrected chi connectivity index (χ2v) is 15.2. The average molecular weight is 740 g/mol. The molecule has 0 radical (unpaired) electrons. The molecule has 5 heteroatoms. The summed E-state index contributed by atoms with van der Waals surface area (Å²) in [6, 6.07) is 70.3. The number of benzene rings is 8. The Morgan fingerprint density at radius 3 is 0.862 bits per heavy atom. The van der Waals surface area contributed by atoms with Gasteiger partial charge >= 0.3 is 0 Å². The minimum Gasteiger partial charge on any atom is -0.309 e. The maximum atomic E-state index is 5.23. The summed E-state index contributed by atoms with van der Waals surface area (Å²) in [7, 11) is 0. The maximum absolute atomic E-state index is 5.23. The Morgan fingerprint density at radius 2 is 0.534 bits per heavy atom. The molecule has 0 unspecified atom stereocenters. The van der Waals surface area contributed by atoms with E-state index in [2.05, 4.69) is 212 Å². The number of fused-ring (bicyclic) bond motifs is 12. The number of aromatic nitrogens is 5. The summed E-state index contributed by atoms with van der Waals surface area (Å²) in [6.45, 7) is 0. The third-order valence-corrected chi connectivity index (χ3v) is 12.2. The van der Waals surface area contributed by atoms with Crippen LogP contribution in [0.4, 0.5) is 0 Å². The van der Waals surface area contributed by atoms with Crippen LogP contribution in [0.5, 0.6) is 0 Å². The van der Waals surface area contributed by atoms with E-state index in [9.17, 15) is 0 Å². The number of para-hydroxylation sites is 6. The van der Waals surface area contributed by atoms with E-state index in [1.807, 2.05) is 6.20 Å². The molecule has 270 valence electrons. The molecule has 0 bridgehead atoms. The van der Waals surface area contributed by atoms with Crippen LogP contribution in [-0.2, 0) is 0 Å². The van der Waals surface area contributed by atoms with Gasteiger partial charge in [-0.2, -0.15) is 0 Å². The summed E-state index contributed by atoms with van der Waals surface area (Å²) in [6.07, 6.45) is 2.02. The Bertz CT molecular complexity index is 3470. The Morgan fingerprint density at radius 1 is 0.241 bits per heavy atom. The second-order valence-electron chi connectivity index (χ2n) is 15.2. The quantitative estimate of drug-likeness (QED) is 0.177. The number of hydrogen-bond donors (Lipinski definition) is 0. The summed E-state index contributed by atoms with van der Waals surface area (Å²) >= 11 is 0. The van der Waals surface area contributed by atoms with Gasteiger partial charge in [0.05, 0.1) is 56.0 Å². The first kappa shape index (κ1) is 31.3. The van der Waals surface area contributed by atoms with Crippen molar-refractivity contribution in [3.63, 3.8) is 0 Å². The first-order chi connectivity index (χ1) is 28.8. The summed E-state index contributed by atoms with van der Waals surface area (Å²) in [4.78, 5) is 5.23. The third-order valence-electron chi connectivity index (χ3n) is 12.2. The minimum absolute atomic E-state index is 0.874. The van der Waals surface area contributed by atoms with Gasteiger partial charge in [-0.15, -0.1) is 0 Å². The zero-order valence-electron chi connectivity index (χ0n) is 31.3. The molecule has 0 atom stereocenters. The van der Waals surface area contributed by atoms with Gasteiger partial charge in [-0.3, -0.25) is 4.57 Å². The van der Waals surface area contributed by atoms with Crippen molar-refractivity contribution in [3.05, 3.63) is 200 Å². The number of pyridine rings is 1. The highest BCUT2D eigenvalue weighted by molar-refractivity contribution is 6.14. The lowest BCUT2D eigenvalue weighted by Gasteiger charge is -2.12. The molecular formula is C53H33N5. The fraction of sp³-hybridized carbons (Fsp3) is 0. The van der Waals surface area contributed by atoms with Crippen molar-refractivity contribution in [2.24, 2.45) is 0 Å². The Balaban J connectivity index is 1.07. The number of nitrogens with zero attached hydrogens (tertiary/aromatic N) is 5. The van der Waals surface area contributed by atoms with Crippen LogP contribution >= 0.6 is 0 Å². The van der Waals surface area contributed by atoms with Gasteiger partial charge in [0, 0.05) is 54.5 Å². The third kappa shape index (κ3) is 4.27. The monoisotopic (exact) mass is 739 g/mol. The molecule has 0 spiro atoms. The first-order valence-corrected chi connectivity index (χ1v) is 19.8. The van der Waals surface area contributed by atoms with Crippen LogP contribution in [0.15, 0.2) is 200 Å². The van der Waals surface area contributed by atoms with Crippen molar-refractivity contribution >= 4 is 87.2 Å². The van der Waals surface area contributed by atoms with Crippen LogP contribution in [0.2, 0.25) is 0 Å². The first-order valence-electron chi connectivity index (χ1n) is 19.8. The van der Waals surface area contributed by atoms with Crippen molar-refractivity contribution in [1.29, 1.82) is 0 Å². The highest BCUT2D eigenvalue weighted by atomic mass is 15.1. The number of hydrogen-bond acceptors (Lipinski definition) is 1. The molecule has 5 heterocycles. The molecular weight excluding hydrogens is 707 g/mol. The normalized spacial score (nSPS) is 12.1. The van der Waals surface area contributed by atoms with E-state index in [0.717, 1.165) is 33.9 Å². The lowest BCUT2D eigenvalue weighted by atomic mass is 10.1. The van der Waals surface area contributed by atoms with Gasteiger partial charge in [0.2, 0.25) is 0 Å². The van der Waals surface area contributed by atoms with Crippen LogP contribution in [0.25, 0.3) is 110 Å². The zero-order valence-corrected chi connectivity index (χ0v) is 31.3. The van der Waals surface area contributed by atoms with E-state index in [1.165, 1.54) is 76.2 Å². The van der Waals surface area contributed by atoms with Gasteiger partial charge < -0.3 is 13.7 Å². The molecule has 0 aliphatic rings. The highest BCUT2D eigenvalue weighted by Gasteiger charge is 2.20. The Hall–Kier alpha value is -7.89. The van der Waals surface area contributed by atoms with Gasteiger partial charge in [-0.25, -0.2) is 4.98 Å². The van der Waals surface area contributed by atoms with Crippen LogP contribution in [-0.4, -0.2) is 23.3 Å². The zero-order chi connectivity index (χ0) is 37.9. The molecule has 0 aliphatic heterocycles. The lowest BCUT2D eigenvalue weighted by Crippen LogP contribution is -2.00. The summed E-state index contributed by atoms with van der Waals surface area (Å²) in [5.41, 5.74) is 12.6. The molecule has 0 saturated carbocycles. The van der Waals surface area contributed by atoms with Gasteiger partial charge in [-0.1, -0.05) is 109 Å². The molecule has 0 fully saturated rings. The fourth-order valence-corrected chi connectivity index (χ4v) is 9.77. The van der Waals surface area contributed by atoms with E-state index in [4.69, 9.17) is 4.98 Å². The lowest BCUT2D eigenvalue weighted by molar-refractivity contribution is 1.05. The van der Waals surface area contributed by atoms with Gasteiger partial charge in [0.25, 0.3) is 0 Å². The van der Waals surface area contributed by atoms with Crippen LogP contribution in [0.3, 0.4) is 0 Å². The summed E-state index contributed by atoms with van der Waals surface area (Å²) in [5, 5.41) is 9.83. The van der Waals surface area contributed by atoms with Gasteiger partial charge in [0.15, 0.2) is 0 Å². The van der Waals surface area contributed by atoms with Crippen LogP contribution < -0.4 is 0 Å². The SMILES string of the molecule is c1ccc2c(c1)c1ccccc1n2-c1ccc(-n2c3ccc(-n4c5ccccc5c5ccccc54)cc3c3cc(-n4c5ccccc5c5ccccc54)ccc32)nc1. The highest BCUT2D eigenvalue weighted by Crippen LogP contribution is 2.40. The van der Waals surface area contributed by atoms with Crippen molar-refractivity contribution in [2.75, 3.05) is 0 Å². The molecule has 0 aliphatic carbocycles. The Kier molecular flexibility index (Phi) is 6.38. The van der Waals surface area contributed by atoms with Crippen molar-refractivity contribution in [2.45, 2.75) is 0 Å². The van der Waals surface area contributed by atoms with Crippen molar-refractivity contribution in [3.8, 4) is 22.9 Å². The summed E-state index contributed by atoms with van der Waals surface area (Å²) < 4.78 is 9.46. The average Bonchev–Trinajstić information content (AvgIpc) is 4.01. The smallest absolute Gasteiger partial charge is 0.137 e. The van der Waals surface area contributed by atoms with E-state index in [1.54, 1.807) is 0 Å². The predicted octanol–water partition coefficient (Wildman–Crippen LogP) is 13.5. The van der Waals surface area contributed by atoms with Crippen molar-refractivity contribution in [1.82, 2.24) is 23.3 Å². The van der Waals surface area contributed by atoms with Crippen LogP contribution in [0.1, 0.15) is 0 Å². The minimum atomic E-state index is 0.874. The second kappa shape index (κ2) is 11.8. The number of rotatable bonds is 4. The van der Waals surface area contributed by atoms with Crippen molar-refractivity contribution < 1.29 is 0 Å². The molecule has 0 N–H and O–H groups in total. The molecule has 5 nitrogen and oxygen atoms in total. The summed E-state index contributed by atoms with van der Waals surface area (Å²) in [5.74, 6) is 0.874. The van der Waals surface area contributed by atoms with Gasteiger partial charge in [0.1, 0.15) is 5.82 Å². The maximum Gasteiger partial charge on any atom is 0.137 e. The van der Waals surface area contributed by atoms with Gasteiger partial charge in [-0.05, 0) is 84.9 Å². The molecule has 13 aromatic rings. The molecule has 58 heavy (non-hydrogen) atoms. The molecule has 0 amide bonds. The standard InChI is InChI=1S/C53H33N5/c1-7-19-45-37(13-1)38-14-2-8-20-46(38)55(45)34-25-28-51-43(31-34)44-32-35(56-47-21-9-3-15-39(47)40-16-4-10-22-48(40)56)26-29-52(44)58(51)53-30-27-36(33-54-53)57-49-23-11-5-17-41(49)42-18-6-12-24-50(42)57/h1-33H. The molecule has 0 saturated heterocycles. The van der Waals surface area contributed by atoms with E-state index < -0.39 is 0 Å². The van der Waals surface area contributed by atoms with E-state index in [-0.39, 0.29) is 0 Å². The van der Waals surface area contributed by atoms with E-state index in [0.29, 0.717) is 0 Å². The Labute approximate surface area is 332 Å².